The number of aryl methyl sites for hydroxylation is 1. The van der Waals surface area contributed by atoms with E-state index in [0.717, 1.165) is 24.2 Å². The summed E-state index contributed by atoms with van der Waals surface area (Å²) in [6.07, 6.45) is 1.87. The molecule has 1 aromatic heterocycles. The molecule has 1 atom stereocenters. The lowest BCUT2D eigenvalue weighted by Crippen LogP contribution is -2.42. The van der Waals surface area contributed by atoms with E-state index in [4.69, 9.17) is 9.88 Å². The number of nitrogens with zero attached hydrogens (tertiary/aromatic N) is 1. The molecular formula is C12H18N2O4S2. The van der Waals surface area contributed by atoms with Crippen molar-refractivity contribution in [2.45, 2.75) is 30.8 Å². The molecule has 0 saturated carbocycles. The second-order valence-corrected chi connectivity index (χ2v) is 7.61. The van der Waals surface area contributed by atoms with Crippen LogP contribution in [0.25, 0.3) is 0 Å². The summed E-state index contributed by atoms with van der Waals surface area (Å²) in [6.45, 7) is 2.85. The van der Waals surface area contributed by atoms with Crippen molar-refractivity contribution in [2.75, 3.05) is 20.2 Å². The van der Waals surface area contributed by atoms with Gasteiger partial charge in [0.25, 0.3) is 5.91 Å². The number of nitrogens with two attached hydrogens (primary N) is 1. The lowest BCUT2D eigenvalue weighted by molar-refractivity contribution is 0.0271. The molecule has 8 heteroatoms. The highest BCUT2D eigenvalue weighted by molar-refractivity contribution is 7.89. The molecular weight excluding hydrogens is 300 g/mol. The number of hydrogen-bond acceptors (Lipinski definition) is 5. The molecule has 6 nitrogen and oxygen atoms in total. The molecule has 2 heterocycles. The Hall–Kier alpha value is -0.960. The largest absolute Gasteiger partial charge is 0.380 e. The van der Waals surface area contributed by atoms with Crippen LogP contribution in [0.1, 0.15) is 27.4 Å². The summed E-state index contributed by atoms with van der Waals surface area (Å²) < 4.78 is 28.1. The molecule has 1 aliphatic rings. The summed E-state index contributed by atoms with van der Waals surface area (Å²) in [6, 6.07) is 1.37. The van der Waals surface area contributed by atoms with Gasteiger partial charge in [0.2, 0.25) is 10.0 Å². The number of likely N-dealkylation sites (tertiary alicyclic amines) is 1. The molecule has 0 aromatic carbocycles. The van der Waals surface area contributed by atoms with E-state index in [9.17, 15) is 13.2 Å². The average Bonchev–Trinajstić information content (AvgIpc) is 2.80. The number of methoxy groups -OCH3 is 1. The second-order valence-electron chi connectivity index (χ2n) is 4.83. The maximum Gasteiger partial charge on any atom is 0.264 e. The van der Waals surface area contributed by atoms with Crippen molar-refractivity contribution < 1.29 is 17.9 Å². The van der Waals surface area contributed by atoms with Gasteiger partial charge in [0.05, 0.1) is 15.9 Å². The quantitative estimate of drug-likeness (QED) is 0.898. The first-order chi connectivity index (χ1) is 9.32. The number of amides is 1. The zero-order valence-electron chi connectivity index (χ0n) is 11.5. The zero-order valence-corrected chi connectivity index (χ0v) is 13.1. The Morgan fingerprint density at radius 3 is 2.80 bits per heavy atom. The Morgan fingerprint density at radius 2 is 2.25 bits per heavy atom. The molecule has 0 radical (unpaired) electrons. The fourth-order valence-corrected chi connectivity index (χ4v) is 4.44. The highest BCUT2D eigenvalue weighted by Crippen LogP contribution is 2.27. The third-order valence-electron chi connectivity index (χ3n) is 3.39. The van der Waals surface area contributed by atoms with Crippen molar-refractivity contribution in [2.24, 2.45) is 5.14 Å². The number of carbonyl (C=O) groups excluding carboxylic acids is 1. The number of carbonyl (C=O) groups is 1. The van der Waals surface area contributed by atoms with Gasteiger partial charge in [-0.25, -0.2) is 13.6 Å². The van der Waals surface area contributed by atoms with Crippen LogP contribution < -0.4 is 5.14 Å². The smallest absolute Gasteiger partial charge is 0.264 e. The predicted molar refractivity (Wildman–Crippen MR) is 76.4 cm³/mol. The Bertz CT molecular complexity index is 609. The minimum absolute atomic E-state index is 0.0335. The summed E-state index contributed by atoms with van der Waals surface area (Å²) in [5.41, 5.74) is 0. The molecule has 0 bridgehead atoms. The average molecular weight is 318 g/mol. The molecule has 2 rings (SSSR count). The number of ether oxygens (including phenoxy) is 1. The minimum Gasteiger partial charge on any atom is -0.380 e. The van der Waals surface area contributed by atoms with Gasteiger partial charge in [-0.05, 0) is 25.8 Å². The SMILES string of the molecule is COC1CCCN(C(=O)c2cc(S(N)(=O)=O)c(C)s2)C1. The van der Waals surface area contributed by atoms with E-state index in [1.54, 1.807) is 18.9 Å². The van der Waals surface area contributed by atoms with Crippen LogP contribution in [0, 0.1) is 6.92 Å². The van der Waals surface area contributed by atoms with Gasteiger partial charge in [-0.3, -0.25) is 4.79 Å². The second kappa shape index (κ2) is 5.80. The van der Waals surface area contributed by atoms with Crippen molar-refractivity contribution in [3.05, 3.63) is 15.8 Å². The van der Waals surface area contributed by atoms with Crippen LogP contribution in [0.15, 0.2) is 11.0 Å². The monoisotopic (exact) mass is 318 g/mol. The minimum atomic E-state index is -3.78. The normalized spacial score (nSPS) is 20.1. The topological polar surface area (TPSA) is 89.7 Å². The molecule has 1 aromatic rings. The number of rotatable bonds is 3. The molecule has 1 fully saturated rings. The lowest BCUT2D eigenvalue weighted by Gasteiger charge is -2.31. The number of piperidine rings is 1. The summed E-state index contributed by atoms with van der Waals surface area (Å²) in [4.78, 5) is 15.1. The number of thiophene rings is 1. The van der Waals surface area contributed by atoms with E-state index in [-0.39, 0.29) is 16.9 Å². The first-order valence-corrected chi connectivity index (χ1v) is 8.64. The van der Waals surface area contributed by atoms with Crippen LogP contribution in [0.5, 0.6) is 0 Å². The van der Waals surface area contributed by atoms with Crippen molar-refractivity contribution >= 4 is 27.3 Å². The summed E-state index contributed by atoms with van der Waals surface area (Å²) >= 11 is 1.16. The Morgan fingerprint density at radius 1 is 1.55 bits per heavy atom. The van der Waals surface area contributed by atoms with Gasteiger partial charge in [-0.15, -0.1) is 11.3 Å². The molecule has 20 heavy (non-hydrogen) atoms. The Labute approximate surface area is 122 Å². The van der Waals surface area contributed by atoms with Gasteiger partial charge in [0, 0.05) is 25.1 Å². The summed E-state index contributed by atoms with van der Waals surface area (Å²) in [7, 11) is -2.15. The number of primary sulfonamides is 1. The first-order valence-electron chi connectivity index (χ1n) is 6.28. The fourth-order valence-electron chi connectivity index (χ4n) is 2.32. The molecule has 2 N–H and O–H groups in total. The number of sulfonamides is 1. The van der Waals surface area contributed by atoms with Crippen LogP contribution >= 0.6 is 11.3 Å². The highest BCUT2D eigenvalue weighted by atomic mass is 32.2. The van der Waals surface area contributed by atoms with E-state index < -0.39 is 10.0 Å². The van der Waals surface area contributed by atoms with E-state index in [2.05, 4.69) is 0 Å². The van der Waals surface area contributed by atoms with Crippen LogP contribution in [-0.2, 0) is 14.8 Å². The summed E-state index contributed by atoms with van der Waals surface area (Å²) in [5.74, 6) is -0.158. The number of hydrogen-bond donors (Lipinski definition) is 1. The van der Waals surface area contributed by atoms with Gasteiger partial charge in [-0.1, -0.05) is 0 Å². The van der Waals surface area contributed by atoms with E-state index in [1.807, 2.05) is 0 Å². The van der Waals surface area contributed by atoms with Crippen molar-refractivity contribution in [3.8, 4) is 0 Å². The van der Waals surface area contributed by atoms with Gasteiger partial charge in [0.15, 0.2) is 0 Å². The maximum absolute atomic E-state index is 12.4. The van der Waals surface area contributed by atoms with Gasteiger partial charge >= 0.3 is 0 Å². The zero-order chi connectivity index (χ0) is 14.9. The van der Waals surface area contributed by atoms with Crippen LogP contribution in [-0.4, -0.2) is 45.5 Å². The molecule has 1 aliphatic heterocycles. The fraction of sp³-hybridized carbons (Fsp3) is 0.583. The molecule has 0 aliphatic carbocycles. The van der Waals surface area contributed by atoms with Gasteiger partial charge < -0.3 is 9.64 Å². The van der Waals surface area contributed by atoms with E-state index in [1.165, 1.54) is 6.07 Å². The third kappa shape index (κ3) is 3.20. The standard InChI is InChI=1S/C12H18N2O4S2/c1-8-11(20(13,16)17)6-10(19-8)12(15)14-5-3-4-9(7-14)18-2/h6,9H,3-5,7H2,1-2H3,(H2,13,16,17). The Balaban J connectivity index is 2.22. The molecule has 0 spiro atoms. The third-order valence-corrected chi connectivity index (χ3v) is 5.59. The van der Waals surface area contributed by atoms with Crippen molar-refractivity contribution in [1.29, 1.82) is 0 Å². The van der Waals surface area contributed by atoms with Crippen LogP contribution in [0.3, 0.4) is 0 Å². The Kier molecular flexibility index (Phi) is 4.48. The molecule has 1 saturated heterocycles. The van der Waals surface area contributed by atoms with E-state index in [0.29, 0.717) is 22.8 Å². The van der Waals surface area contributed by atoms with Crippen molar-refractivity contribution in [3.63, 3.8) is 0 Å². The van der Waals surface area contributed by atoms with Crippen LogP contribution in [0.2, 0.25) is 0 Å². The maximum atomic E-state index is 12.4. The highest BCUT2D eigenvalue weighted by Gasteiger charge is 2.27. The first kappa shape index (κ1) is 15.4. The van der Waals surface area contributed by atoms with E-state index >= 15 is 0 Å². The predicted octanol–water partition coefficient (Wildman–Crippen LogP) is 0.955. The lowest BCUT2D eigenvalue weighted by atomic mass is 10.1. The van der Waals surface area contributed by atoms with Crippen molar-refractivity contribution in [1.82, 2.24) is 4.90 Å². The summed E-state index contributed by atoms with van der Waals surface area (Å²) in [5, 5.41) is 5.13. The van der Waals surface area contributed by atoms with Gasteiger partial charge in [-0.2, -0.15) is 0 Å². The van der Waals surface area contributed by atoms with Crippen LogP contribution in [0.4, 0.5) is 0 Å². The molecule has 1 amide bonds. The molecule has 112 valence electrons. The molecule has 1 unspecified atom stereocenters. The van der Waals surface area contributed by atoms with Gasteiger partial charge in [0.1, 0.15) is 0 Å².